The Balaban J connectivity index is 2.10. The van der Waals surface area contributed by atoms with Crippen molar-refractivity contribution >= 4 is 28.9 Å². The molecule has 0 fully saturated rings. The highest BCUT2D eigenvalue weighted by Gasteiger charge is 2.11. The van der Waals surface area contributed by atoms with Gasteiger partial charge in [0.05, 0.1) is 0 Å². The Bertz CT molecular complexity index is 622. The molecule has 19 heavy (non-hydrogen) atoms. The maximum absolute atomic E-state index is 11.0. The molecule has 0 unspecified atom stereocenters. The van der Waals surface area contributed by atoms with Crippen molar-refractivity contribution in [3.63, 3.8) is 0 Å². The van der Waals surface area contributed by atoms with Crippen LogP contribution in [0, 0.1) is 0 Å². The van der Waals surface area contributed by atoms with E-state index in [0.29, 0.717) is 22.5 Å². The average Bonchev–Trinajstić information content (AvgIpc) is 2.85. The van der Waals surface area contributed by atoms with E-state index in [1.807, 2.05) is 0 Å². The Morgan fingerprint density at radius 1 is 1.32 bits per heavy atom. The number of hydrogen-bond acceptors (Lipinski definition) is 4. The van der Waals surface area contributed by atoms with E-state index in [1.165, 1.54) is 11.3 Å². The van der Waals surface area contributed by atoms with Crippen LogP contribution in [0.4, 0.5) is 5.69 Å². The number of amides is 1. The zero-order valence-corrected chi connectivity index (χ0v) is 10.7. The summed E-state index contributed by atoms with van der Waals surface area (Å²) in [4.78, 5) is 22.3. The monoisotopic (exact) mass is 276 g/mol. The number of thiophene rings is 1. The predicted octanol–water partition coefficient (Wildman–Crippen LogP) is 2.16. The highest BCUT2D eigenvalue weighted by Crippen LogP contribution is 2.19. The number of nitrogens with two attached hydrogens (primary N) is 1. The summed E-state index contributed by atoms with van der Waals surface area (Å²) in [5, 5.41) is 13.8. The standard InChI is InChI=1S/C13H12N2O3S/c14-12(16)8-2-1-3-10(6-8)15-7-9-4-5-19-11(9)13(17)18/h1-6,15H,7H2,(H2,14,16)(H,17,18). The Morgan fingerprint density at radius 3 is 2.79 bits per heavy atom. The molecule has 1 aromatic carbocycles. The van der Waals surface area contributed by atoms with Gasteiger partial charge in [0.25, 0.3) is 0 Å². The molecule has 2 rings (SSSR count). The fourth-order valence-electron chi connectivity index (χ4n) is 1.64. The average molecular weight is 276 g/mol. The molecule has 0 saturated carbocycles. The normalized spacial score (nSPS) is 10.1. The number of primary amides is 1. The van der Waals surface area contributed by atoms with Crippen LogP contribution in [0.15, 0.2) is 35.7 Å². The van der Waals surface area contributed by atoms with Gasteiger partial charge in [-0.3, -0.25) is 4.79 Å². The molecule has 0 aliphatic heterocycles. The molecule has 0 saturated heterocycles. The summed E-state index contributed by atoms with van der Waals surface area (Å²) in [7, 11) is 0. The molecule has 0 aliphatic rings. The second-order valence-electron chi connectivity index (χ2n) is 3.88. The predicted molar refractivity (Wildman–Crippen MR) is 73.6 cm³/mol. The van der Waals surface area contributed by atoms with Gasteiger partial charge in [-0.25, -0.2) is 4.79 Å². The van der Waals surface area contributed by atoms with Gasteiger partial charge in [0.15, 0.2) is 0 Å². The molecular weight excluding hydrogens is 264 g/mol. The van der Waals surface area contributed by atoms with Crippen LogP contribution in [0.2, 0.25) is 0 Å². The molecule has 5 nitrogen and oxygen atoms in total. The number of carboxylic acids is 1. The highest BCUT2D eigenvalue weighted by molar-refractivity contribution is 7.12. The van der Waals surface area contributed by atoms with Crippen molar-refractivity contribution < 1.29 is 14.7 Å². The van der Waals surface area contributed by atoms with Crippen LogP contribution in [0.3, 0.4) is 0 Å². The van der Waals surface area contributed by atoms with Crippen LogP contribution in [0.1, 0.15) is 25.6 Å². The first-order valence-corrected chi connectivity index (χ1v) is 6.39. The lowest BCUT2D eigenvalue weighted by molar-refractivity contribution is 0.0701. The molecule has 1 amide bonds. The van der Waals surface area contributed by atoms with E-state index < -0.39 is 11.9 Å². The molecule has 6 heteroatoms. The van der Waals surface area contributed by atoms with E-state index in [1.54, 1.807) is 35.7 Å². The van der Waals surface area contributed by atoms with Crippen LogP contribution in [0.5, 0.6) is 0 Å². The number of benzene rings is 1. The van der Waals surface area contributed by atoms with Gasteiger partial charge >= 0.3 is 5.97 Å². The van der Waals surface area contributed by atoms with Crippen LogP contribution < -0.4 is 11.1 Å². The summed E-state index contributed by atoms with van der Waals surface area (Å²) in [6.45, 7) is 0.382. The molecule has 0 radical (unpaired) electrons. The zero-order chi connectivity index (χ0) is 13.8. The minimum Gasteiger partial charge on any atom is -0.477 e. The topological polar surface area (TPSA) is 92.4 Å². The van der Waals surface area contributed by atoms with E-state index in [9.17, 15) is 9.59 Å². The largest absolute Gasteiger partial charge is 0.477 e. The third-order valence-corrected chi connectivity index (χ3v) is 3.52. The van der Waals surface area contributed by atoms with E-state index >= 15 is 0 Å². The smallest absolute Gasteiger partial charge is 0.346 e. The minimum atomic E-state index is -0.933. The number of hydrogen-bond donors (Lipinski definition) is 3. The first-order valence-electron chi connectivity index (χ1n) is 5.51. The van der Waals surface area contributed by atoms with Crippen molar-refractivity contribution in [1.82, 2.24) is 0 Å². The lowest BCUT2D eigenvalue weighted by Crippen LogP contribution is -2.11. The number of rotatable bonds is 5. The first-order chi connectivity index (χ1) is 9.08. The number of carboxylic acid groups (broad SMARTS) is 1. The molecule has 1 aromatic heterocycles. The molecular formula is C13H12N2O3S. The van der Waals surface area contributed by atoms with Crippen molar-refractivity contribution in [1.29, 1.82) is 0 Å². The first kappa shape index (κ1) is 13.1. The quantitative estimate of drug-likeness (QED) is 0.780. The van der Waals surface area contributed by atoms with Crippen molar-refractivity contribution in [2.45, 2.75) is 6.54 Å². The summed E-state index contributed by atoms with van der Waals surface area (Å²) in [6.07, 6.45) is 0. The maximum atomic E-state index is 11.0. The highest BCUT2D eigenvalue weighted by atomic mass is 32.1. The minimum absolute atomic E-state index is 0.318. The van der Waals surface area contributed by atoms with Crippen LogP contribution in [0.25, 0.3) is 0 Å². The SMILES string of the molecule is NC(=O)c1cccc(NCc2ccsc2C(=O)O)c1. The maximum Gasteiger partial charge on any atom is 0.346 e. The fraction of sp³-hybridized carbons (Fsp3) is 0.0769. The van der Waals surface area contributed by atoms with E-state index in [0.717, 1.165) is 5.69 Å². The number of carbonyl (C=O) groups excluding carboxylic acids is 1. The fourth-order valence-corrected chi connectivity index (χ4v) is 2.40. The Kier molecular flexibility index (Phi) is 3.82. The molecule has 98 valence electrons. The lowest BCUT2D eigenvalue weighted by Gasteiger charge is -2.07. The molecule has 1 heterocycles. The summed E-state index contributed by atoms with van der Waals surface area (Å²) in [6, 6.07) is 8.53. The molecule has 0 aliphatic carbocycles. The van der Waals surface area contributed by atoms with Crippen molar-refractivity contribution in [3.8, 4) is 0 Å². The van der Waals surface area contributed by atoms with Gasteiger partial charge < -0.3 is 16.2 Å². The molecule has 4 N–H and O–H groups in total. The molecule has 0 atom stereocenters. The van der Waals surface area contributed by atoms with Crippen LogP contribution in [-0.4, -0.2) is 17.0 Å². The van der Waals surface area contributed by atoms with Gasteiger partial charge in [0.1, 0.15) is 4.88 Å². The van der Waals surface area contributed by atoms with Crippen LogP contribution in [-0.2, 0) is 6.54 Å². The van der Waals surface area contributed by atoms with E-state index in [4.69, 9.17) is 10.8 Å². The van der Waals surface area contributed by atoms with Crippen LogP contribution >= 0.6 is 11.3 Å². The van der Waals surface area contributed by atoms with Gasteiger partial charge in [0, 0.05) is 17.8 Å². The van der Waals surface area contributed by atoms with Gasteiger partial charge in [0.2, 0.25) is 5.91 Å². The second kappa shape index (κ2) is 5.53. The number of aromatic carboxylic acids is 1. The third-order valence-electron chi connectivity index (χ3n) is 2.57. The third kappa shape index (κ3) is 3.11. The van der Waals surface area contributed by atoms with Crippen molar-refractivity contribution in [2.75, 3.05) is 5.32 Å². The summed E-state index contributed by atoms with van der Waals surface area (Å²) < 4.78 is 0. The van der Waals surface area contributed by atoms with Gasteiger partial charge in [-0.2, -0.15) is 0 Å². The van der Waals surface area contributed by atoms with Gasteiger partial charge in [-0.1, -0.05) is 6.07 Å². The van der Waals surface area contributed by atoms with Crippen molar-refractivity contribution in [3.05, 3.63) is 51.7 Å². The van der Waals surface area contributed by atoms with Gasteiger partial charge in [-0.15, -0.1) is 11.3 Å². The number of anilines is 1. The zero-order valence-electron chi connectivity index (χ0n) is 9.92. The number of carbonyl (C=O) groups is 2. The molecule has 2 aromatic rings. The second-order valence-corrected chi connectivity index (χ2v) is 4.79. The van der Waals surface area contributed by atoms with Crippen molar-refractivity contribution in [2.24, 2.45) is 5.73 Å². The number of nitrogens with one attached hydrogen (secondary N) is 1. The van der Waals surface area contributed by atoms with E-state index in [2.05, 4.69) is 5.32 Å². The Hall–Kier alpha value is -2.34. The molecule has 0 spiro atoms. The van der Waals surface area contributed by atoms with E-state index in [-0.39, 0.29) is 0 Å². The van der Waals surface area contributed by atoms with Gasteiger partial charge in [-0.05, 0) is 35.2 Å². The Morgan fingerprint density at radius 2 is 2.11 bits per heavy atom. The summed E-state index contributed by atoms with van der Waals surface area (Å²) >= 11 is 1.19. The lowest BCUT2D eigenvalue weighted by atomic mass is 10.2. The summed E-state index contributed by atoms with van der Waals surface area (Å²) in [5.74, 6) is -1.43. The molecule has 0 bridgehead atoms. The Labute approximate surface area is 113 Å². The summed E-state index contributed by atoms with van der Waals surface area (Å²) in [5.41, 5.74) is 7.04.